The van der Waals surface area contributed by atoms with Gasteiger partial charge >= 0.3 is 5.97 Å². The number of anilines is 1. The fourth-order valence-electron chi connectivity index (χ4n) is 2.70. The number of Topliss-reactive ketones (excluding diaryl/α,β-unsaturated/α-hetero) is 1. The lowest BCUT2D eigenvalue weighted by molar-refractivity contribution is -0.147. The molecule has 25 heavy (non-hydrogen) atoms. The van der Waals surface area contributed by atoms with Crippen molar-refractivity contribution >= 4 is 34.9 Å². The van der Waals surface area contributed by atoms with Crippen LogP contribution >= 0.6 is 11.6 Å². The van der Waals surface area contributed by atoms with E-state index in [1.807, 2.05) is 0 Å². The van der Waals surface area contributed by atoms with Gasteiger partial charge in [-0.3, -0.25) is 14.4 Å². The van der Waals surface area contributed by atoms with E-state index in [0.717, 1.165) is 0 Å². The second-order valence-electron chi connectivity index (χ2n) is 5.78. The minimum absolute atomic E-state index is 0.0704. The molecule has 0 bridgehead atoms. The summed E-state index contributed by atoms with van der Waals surface area (Å²) in [6.45, 7) is -0.0900. The van der Waals surface area contributed by atoms with Crippen LogP contribution in [-0.4, -0.2) is 30.8 Å². The van der Waals surface area contributed by atoms with E-state index in [9.17, 15) is 14.4 Å². The van der Waals surface area contributed by atoms with Gasteiger partial charge < -0.3 is 9.64 Å². The van der Waals surface area contributed by atoms with Gasteiger partial charge in [-0.05, 0) is 24.3 Å². The summed E-state index contributed by atoms with van der Waals surface area (Å²) < 4.78 is 5.11. The number of hydrogen-bond acceptors (Lipinski definition) is 4. The van der Waals surface area contributed by atoms with E-state index in [2.05, 4.69) is 0 Å². The molecular weight excluding hydrogens is 342 g/mol. The Morgan fingerprint density at radius 2 is 1.76 bits per heavy atom. The van der Waals surface area contributed by atoms with Crippen molar-refractivity contribution in [2.75, 3.05) is 18.1 Å². The average Bonchev–Trinajstić information content (AvgIpc) is 3.02. The van der Waals surface area contributed by atoms with Gasteiger partial charge in [0.1, 0.15) is 0 Å². The summed E-state index contributed by atoms with van der Waals surface area (Å²) in [6, 6.07) is 15.5. The predicted molar refractivity (Wildman–Crippen MR) is 93.6 cm³/mol. The fourth-order valence-corrected chi connectivity index (χ4v) is 2.82. The highest BCUT2D eigenvalue weighted by atomic mass is 35.5. The third kappa shape index (κ3) is 4.06. The van der Waals surface area contributed by atoms with Gasteiger partial charge in [0.05, 0.1) is 5.92 Å². The highest BCUT2D eigenvalue weighted by Gasteiger charge is 2.36. The van der Waals surface area contributed by atoms with E-state index < -0.39 is 11.9 Å². The van der Waals surface area contributed by atoms with Gasteiger partial charge in [0.15, 0.2) is 12.4 Å². The van der Waals surface area contributed by atoms with E-state index in [-0.39, 0.29) is 31.3 Å². The molecule has 0 saturated carbocycles. The van der Waals surface area contributed by atoms with Crippen molar-refractivity contribution in [3.63, 3.8) is 0 Å². The minimum atomic E-state index is -0.577. The van der Waals surface area contributed by atoms with E-state index in [1.54, 1.807) is 54.6 Å². The van der Waals surface area contributed by atoms with Gasteiger partial charge in [-0.15, -0.1) is 0 Å². The Hall–Kier alpha value is -2.66. The van der Waals surface area contributed by atoms with Crippen LogP contribution in [0.1, 0.15) is 16.8 Å². The average molecular weight is 358 g/mol. The molecule has 1 amide bonds. The van der Waals surface area contributed by atoms with Crippen LogP contribution < -0.4 is 4.90 Å². The minimum Gasteiger partial charge on any atom is -0.457 e. The first-order chi connectivity index (χ1) is 12.0. The monoisotopic (exact) mass is 357 g/mol. The van der Waals surface area contributed by atoms with E-state index >= 15 is 0 Å². The molecule has 0 aliphatic carbocycles. The number of rotatable bonds is 5. The van der Waals surface area contributed by atoms with Gasteiger partial charge in [-0.2, -0.15) is 0 Å². The number of ketones is 1. The van der Waals surface area contributed by atoms with E-state index in [1.165, 1.54) is 4.90 Å². The largest absolute Gasteiger partial charge is 0.457 e. The number of hydrogen-bond donors (Lipinski definition) is 0. The first-order valence-corrected chi connectivity index (χ1v) is 8.23. The summed E-state index contributed by atoms with van der Waals surface area (Å²) in [5, 5.41) is 0.575. The Balaban J connectivity index is 1.57. The van der Waals surface area contributed by atoms with Crippen LogP contribution in [0.4, 0.5) is 5.69 Å². The van der Waals surface area contributed by atoms with Crippen molar-refractivity contribution in [2.24, 2.45) is 5.92 Å². The lowest BCUT2D eigenvalue weighted by Gasteiger charge is -2.16. The van der Waals surface area contributed by atoms with Crippen molar-refractivity contribution in [3.8, 4) is 0 Å². The van der Waals surface area contributed by atoms with Crippen LogP contribution in [0.2, 0.25) is 5.02 Å². The zero-order valence-electron chi connectivity index (χ0n) is 13.4. The van der Waals surface area contributed by atoms with Crippen molar-refractivity contribution in [1.82, 2.24) is 0 Å². The second-order valence-corrected chi connectivity index (χ2v) is 6.22. The molecular formula is C19H16ClNO4. The van der Waals surface area contributed by atoms with Crippen LogP contribution in [0.3, 0.4) is 0 Å². The van der Waals surface area contributed by atoms with E-state index in [0.29, 0.717) is 16.3 Å². The summed E-state index contributed by atoms with van der Waals surface area (Å²) in [5.41, 5.74) is 1.17. The summed E-state index contributed by atoms with van der Waals surface area (Å²) in [6.07, 6.45) is 0.0704. The number of halogens is 1. The number of carbonyl (C=O) groups excluding carboxylic acids is 3. The molecule has 6 heteroatoms. The molecule has 2 aromatic carbocycles. The van der Waals surface area contributed by atoms with Gasteiger partial charge in [-0.25, -0.2) is 0 Å². The molecule has 0 radical (unpaired) electrons. The lowest BCUT2D eigenvalue weighted by Crippen LogP contribution is -2.27. The lowest BCUT2D eigenvalue weighted by atomic mass is 10.1. The quantitative estimate of drug-likeness (QED) is 0.609. The summed E-state index contributed by atoms with van der Waals surface area (Å²) >= 11 is 5.85. The molecule has 3 rings (SSSR count). The first-order valence-electron chi connectivity index (χ1n) is 7.85. The molecule has 1 heterocycles. The first kappa shape index (κ1) is 17.2. The van der Waals surface area contributed by atoms with Gasteiger partial charge in [0, 0.05) is 29.2 Å². The Labute approximate surface area is 150 Å². The third-order valence-electron chi connectivity index (χ3n) is 4.04. The maximum atomic E-state index is 12.2. The maximum Gasteiger partial charge on any atom is 0.311 e. The van der Waals surface area contributed by atoms with Gasteiger partial charge in [-0.1, -0.05) is 41.9 Å². The second kappa shape index (κ2) is 7.49. The Morgan fingerprint density at radius 3 is 2.44 bits per heavy atom. The van der Waals surface area contributed by atoms with Gasteiger partial charge in [0.2, 0.25) is 5.91 Å². The zero-order valence-corrected chi connectivity index (χ0v) is 14.1. The topological polar surface area (TPSA) is 63.7 Å². The standard InChI is InChI=1S/C19H16ClNO4/c20-15-6-8-16(9-7-15)21-11-14(10-18(21)23)19(24)25-12-17(22)13-4-2-1-3-5-13/h1-9,14H,10-12H2/t14-/m1/s1. The van der Waals surface area contributed by atoms with Crippen LogP contribution in [0.15, 0.2) is 54.6 Å². The summed E-state index contributed by atoms with van der Waals surface area (Å²) in [7, 11) is 0. The summed E-state index contributed by atoms with van der Waals surface area (Å²) in [5.74, 6) is -1.53. The molecule has 0 spiro atoms. The van der Waals surface area contributed by atoms with Crippen LogP contribution in [0.5, 0.6) is 0 Å². The number of ether oxygens (including phenoxy) is 1. The molecule has 1 saturated heterocycles. The van der Waals surface area contributed by atoms with Crippen LogP contribution in [-0.2, 0) is 14.3 Å². The summed E-state index contributed by atoms with van der Waals surface area (Å²) in [4.78, 5) is 37.8. The van der Waals surface area contributed by atoms with Crippen LogP contribution in [0.25, 0.3) is 0 Å². The van der Waals surface area contributed by atoms with Crippen molar-refractivity contribution in [1.29, 1.82) is 0 Å². The SMILES string of the molecule is O=C(COC(=O)[C@@H]1CC(=O)N(c2ccc(Cl)cc2)C1)c1ccccc1. The van der Waals surface area contributed by atoms with Crippen molar-refractivity contribution in [2.45, 2.75) is 6.42 Å². The number of nitrogens with zero attached hydrogens (tertiary/aromatic N) is 1. The molecule has 0 unspecified atom stereocenters. The Kier molecular flexibility index (Phi) is 5.14. The Bertz CT molecular complexity index is 789. The van der Waals surface area contributed by atoms with Crippen molar-refractivity contribution in [3.05, 3.63) is 65.2 Å². The molecule has 5 nitrogen and oxygen atoms in total. The van der Waals surface area contributed by atoms with Crippen molar-refractivity contribution < 1.29 is 19.1 Å². The highest BCUT2D eigenvalue weighted by molar-refractivity contribution is 6.30. The van der Waals surface area contributed by atoms with Gasteiger partial charge in [0.25, 0.3) is 0 Å². The molecule has 1 fully saturated rings. The number of esters is 1. The normalized spacial score (nSPS) is 16.8. The maximum absolute atomic E-state index is 12.2. The van der Waals surface area contributed by atoms with E-state index in [4.69, 9.17) is 16.3 Å². The molecule has 2 aromatic rings. The molecule has 0 aromatic heterocycles. The molecule has 1 atom stereocenters. The molecule has 1 aliphatic heterocycles. The predicted octanol–water partition coefficient (Wildman–Crippen LogP) is 3.12. The molecule has 128 valence electrons. The fraction of sp³-hybridized carbons (Fsp3) is 0.211. The highest BCUT2D eigenvalue weighted by Crippen LogP contribution is 2.27. The Morgan fingerprint density at radius 1 is 1.08 bits per heavy atom. The third-order valence-corrected chi connectivity index (χ3v) is 4.29. The number of carbonyl (C=O) groups is 3. The number of amides is 1. The molecule has 1 aliphatic rings. The molecule has 0 N–H and O–H groups in total. The number of benzene rings is 2. The smallest absolute Gasteiger partial charge is 0.311 e. The zero-order chi connectivity index (χ0) is 17.8. The van der Waals surface area contributed by atoms with Crippen LogP contribution in [0, 0.1) is 5.92 Å².